The first kappa shape index (κ1) is 17.4. The lowest BCUT2D eigenvalue weighted by molar-refractivity contribution is 0.0903. The van der Waals surface area contributed by atoms with Crippen molar-refractivity contribution in [1.82, 2.24) is 9.97 Å². The number of nitrogens with one attached hydrogen (secondary N) is 1. The molecule has 5 rings (SSSR count). The van der Waals surface area contributed by atoms with Crippen LogP contribution in [0.2, 0.25) is 5.02 Å². The summed E-state index contributed by atoms with van der Waals surface area (Å²) in [4.78, 5) is 12.5. The molecule has 2 aromatic rings. The topological polar surface area (TPSA) is 67.4 Å². The quantitative estimate of drug-likeness (QED) is 0.848. The van der Waals surface area contributed by atoms with Gasteiger partial charge in [-0.2, -0.15) is 4.98 Å². The third-order valence-electron chi connectivity index (χ3n) is 5.41. The Morgan fingerprint density at radius 1 is 1.19 bits per heavy atom. The summed E-state index contributed by atoms with van der Waals surface area (Å²) >= 11 is 6.14. The highest BCUT2D eigenvalue weighted by atomic mass is 35.5. The van der Waals surface area contributed by atoms with Gasteiger partial charge in [0.25, 0.3) is 0 Å². The van der Waals surface area contributed by atoms with E-state index in [4.69, 9.17) is 26.3 Å². The second kappa shape index (κ2) is 7.04. The van der Waals surface area contributed by atoms with Crippen LogP contribution >= 0.6 is 11.6 Å². The molecular weight excluding hydrogens is 384 g/mol. The van der Waals surface area contributed by atoms with Crippen LogP contribution in [0.4, 0.5) is 11.8 Å². The zero-order valence-corrected chi connectivity index (χ0v) is 16.5. The number of hydrogen-bond acceptors (Lipinski definition) is 6. The van der Waals surface area contributed by atoms with Gasteiger partial charge in [-0.05, 0) is 36.1 Å². The molecule has 1 aromatic carbocycles. The molecule has 0 spiro atoms. The molecule has 4 heterocycles. The van der Waals surface area contributed by atoms with E-state index in [0.29, 0.717) is 17.7 Å². The summed E-state index contributed by atoms with van der Waals surface area (Å²) in [7, 11) is -1.02. The fourth-order valence-corrected chi connectivity index (χ4v) is 5.47. The van der Waals surface area contributed by atoms with Gasteiger partial charge in [0.15, 0.2) is 0 Å². The summed E-state index contributed by atoms with van der Waals surface area (Å²) in [6.07, 6.45) is 2.62. The van der Waals surface area contributed by atoms with E-state index < -0.39 is 10.8 Å². The van der Waals surface area contributed by atoms with Crippen molar-refractivity contribution < 1.29 is 8.95 Å². The third kappa shape index (κ3) is 3.32. The number of aromatic nitrogens is 2. The molecule has 142 valence electrons. The molecule has 0 radical (unpaired) electrons. The molecule has 27 heavy (non-hydrogen) atoms. The molecule has 0 bridgehead atoms. The SMILES string of the molecule is O=[S@]1CCc2nc(N3Cc4ccc(Cl)cc4C3)nc(NC3CCOCC3)c21. The average molecular weight is 405 g/mol. The van der Waals surface area contributed by atoms with Gasteiger partial charge in [0.05, 0.1) is 16.5 Å². The number of hydrogen-bond donors (Lipinski definition) is 1. The first-order valence-corrected chi connectivity index (χ1v) is 11.0. The van der Waals surface area contributed by atoms with E-state index >= 15 is 0 Å². The van der Waals surface area contributed by atoms with Gasteiger partial charge in [-0.3, -0.25) is 4.21 Å². The summed E-state index contributed by atoms with van der Waals surface area (Å²) in [5, 5.41) is 4.29. The van der Waals surface area contributed by atoms with E-state index in [2.05, 4.69) is 16.3 Å². The monoisotopic (exact) mass is 404 g/mol. The van der Waals surface area contributed by atoms with E-state index in [1.807, 2.05) is 12.1 Å². The maximum Gasteiger partial charge on any atom is 0.228 e. The van der Waals surface area contributed by atoms with Gasteiger partial charge in [0.1, 0.15) is 10.7 Å². The highest BCUT2D eigenvalue weighted by Crippen LogP contribution is 2.34. The molecule has 3 aliphatic rings. The molecule has 3 aliphatic heterocycles. The molecule has 1 aromatic heterocycles. The van der Waals surface area contributed by atoms with Crippen molar-refractivity contribution >= 4 is 34.2 Å². The second-order valence-electron chi connectivity index (χ2n) is 7.25. The lowest BCUT2D eigenvalue weighted by Gasteiger charge is -2.25. The number of aryl methyl sites for hydroxylation is 1. The second-order valence-corrected chi connectivity index (χ2v) is 9.19. The number of fused-ring (bicyclic) bond motifs is 2. The predicted octanol–water partition coefficient (Wildman–Crippen LogP) is 2.90. The molecule has 1 N–H and O–H groups in total. The standard InChI is InChI=1S/C19H21ClN4O2S/c20-14-2-1-12-10-24(11-13(12)9-14)19-22-16-5-8-27(25)17(16)18(23-19)21-15-3-6-26-7-4-15/h1-2,9,15H,3-8,10-11H2,(H,21,22,23)/t27-/m0/s1. The van der Waals surface area contributed by atoms with Crippen LogP contribution in [0, 0.1) is 0 Å². The molecule has 0 saturated carbocycles. The molecule has 0 unspecified atom stereocenters. The maximum absolute atomic E-state index is 12.5. The van der Waals surface area contributed by atoms with Crippen molar-refractivity contribution in [1.29, 1.82) is 0 Å². The number of benzene rings is 1. The van der Waals surface area contributed by atoms with Gasteiger partial charge in [-0.15, -0.1) is 0 Å². The first-order chi connectivity index (χ1) is 13.2. The van der Waals surface area contributed by atoms with Gasteiger partial charge in [0, 0.05) is 49.5 Å². The Kier molecular flexibility index (Phi) is 4.53. The molecule has 6 nitrogen and oxygen atoms in total. The Hall–Kier alpha value is -1.70. The Bertz CT molecular complexity index is 917. The zero-order chi connectivity index (χ0) is 18.4. The highest BCUT2D eigenvalue weighted by Gasteiger charge is 2.30. The van der Waals surface area contributed by atoms with Gasteiger partial charge >= 0.3 is 0 Å². The Labute approximate surface area is 165 Å². The number of nitrogens with zero attached hydrogens (tertiary/aromatic N) is 3. The largest absolute Gasteiger partial charge is 0.381 e. The van der Waals surface area contributed by atoms with Crippen molar-refractivity contribution in [3.63, 3.8) is 0 Å². The van der Waals surface area contributed by atoms with Gasteiger partial charge in [-0.25, -0.2) is 4.98 Å². The molecule has 1 saturated heterocycles. The number of anilines is 2. The van der Waals surface area contributed by atoms with Crippen molar-refractivity contribution in [3.05, 3.63) is 40.0 Å². The van der Waals surface area contributed by atoms with Crippen molar-refractivity contribution in [2.24, 2.45) is 0 Å². The van der Waals surface area contributed by atoms with Crippen LogP contribution in [0.1, 0.15) is 29.7 Å². The van der Waals surface area contributed by atoms with Gasteiger partial charge in [-0.1, -0.05) is 17.7 Å². The van der Waals surface area contributed by atoms with Crippen LogP contribution in [-0.4, -0.2) is 39.2 Å². The third-order valence-corrected chi connectivity index (χ3v) is 7.11. The lowest BCUT2D eigenvalue weighted by atomic mass is 10.1. The van der Waals surface area contributed by atoms with Crippen LogP contribution < -0.4 is 10.2 Å². The Balaban J connectivity index is 1.47. The normalized spacial score (nSPS) is 22.0. The molecule has 1 atom stereocenters. The minimum Gasteiger partial charge on any atom is -0.381 e. The van der Waals surface area contributed by atoms with E-state index in [0.717, 1.165) is 67.0 Å². The van der Waals surface area contributed by atoms with Crippen molar-refractivity contribution in [3.8, 4) is 0 Å². The van der Waals surface area contributed by atoms with Crippen molar-refractivity contribution in [2.45, 2.75) is 43.3 Å². The fraction of sp³-hybridized carbons (Fsp3) is 0.474. The molecule has 8 heteroatoms. The van der Waals surface area contributed by atoms with E-state index in [-0.39, 0.29) is 0 Å². The summed E-state index contributed by atoms with van der Waals surface area (Å²) in [6, 6.07) is 6.31. The summed E-state index contributed by atoms with van der Waals surface area (Å²) in [6.45, 7) is 3.02. The predicted molar refractivity (Wildman–Crippen MR) is 106 cm³/mol. The van der Waals surface area contributed by atoms with Gasteiger partial charge in [0.2, 0.25) is 5.95 Å². The van der Waals surface area contributed by atoms with Crippen LogP contribution in [0.25, 0.3) is 0 Å². The maximum atomic E-state index is 12.5. The highest BCUT2D eigenvalue weighted by molar-refractivity contribution is 7.85. The zero-order valence-electron chi connectivity index (χ0n) is 14.9. The smallest absolute Gasteiger partial charge is 0.228 e. The van der Waals surface area contributed by atoms with E-state index in [1.165, 1.54) is 11.1 Å². The van der Waals surface area contributed by atoms with Gasteiger partial charge < -0.3 is 15.0 Å². The summed E-state index contributed by atoms with van der Waals surface area (Å²) in [5.41, 5.74) is 3.39. The average Bonchev–Trinajstić information content (AvgIpc) is 3.26. The Morgan fingerprint density at radius 2 is 2.00 bits per heavy atom. The molecular formula is C19H21ClN4O2S. The summed E-state index contributed by atoms with van der Waals surface area (Å²) in [5.74, 6) is 2.08. The molecule has 0 aliphatic carbocycles. The van der Waals surface area contributed by atoms with Crippen LogP contribution in [0.15, 0.2) is 23.1 Å². The van der Waals surface area contributed by atoms with Crippen molar-refractivity contribution in [2.75, 3.05) is 29.2 Å². The number of rotatable bonds is 3. The van der Waals surface area contributed by atoms with Crippen LogP contribution in [0.3, 0.4) is 0 Å². The number of ether oxygens (including phenoxy) is 1. The minimum atomic E-state index is -1.02. The molecule has 0 amide bonds. The minimum absolute atomic E-state index is 0.304. The Morgan fingerprint density at radius 3 is 2.85 bits per heavy atom. The molecule has 1 fully saturated rings. The summed E-state index contributed by atoms with van der Waals surface area (Å²) < 4.78 is 18.0. The first-order valence-electron chi connectivity index (χ1n) is 9.33. The van der Waals surface area contributed by atoms with Crippen LogP contribution in [0.5, 0.6) is 0 Å². The van der Waals surface area contributed by atoms with E-state index in [9.17, 15) is 4.21 Å². The number of halogens is 1. The van der Waals surface area contributed by atoms with Crippen LogP contribution in [-0.2, 0) is 35.0 Å². The van der Waals surface area contributed by atoms with E-state index in [1.54, 1.807) is 0 Å². The lowest BCUT2D eigenvalue weighted by Crippen LogP contribution is -2.29. The fourth-order valence-electron chi connectivity index (χ4n) is 3.96.